The van der Waals surface area contributed by atoms with Crippen LogP contribution < -0.4 is 4.74 Å². The smallest absolute Gasteiger partial charge is 0.346 e. The average molecular weight is 301 g/mol. The summed E-state index contributed by atoms with van der Waals surface area (Å²) in [7, 11) is 0. The molecule has 0 fully saturated rings. The number of carbonyl (C=O) groups is 1. The molecular weight excluding hydrogens is 296 g/mol. The van der Waals surface area contributed by atoms with Gasteiger partial charge in [-0.2, -0.15) is 0 Å². The van der Waals surface area contributed by atoms with Crippen LogP contribution in [0.3, 0.4) is 0 Å². The maximum absolute atomic E-state index is 10.7. The monoisotopic (exact) mass is 300 g/mol. The first kappa shape index (κ1) is 13.2. The largest absolute Gasteiger partial charge is 0.477 e. The van der Waals surface area contributed by atoms with Gasteiger partial charge in [0, 0.05) is 17.5 Å². The molecule has 7 nitrogen and oxygen atoms in total. The van der Waals surface area contributed by atoms with Crippen LogP contribution in [0.25, 0.3) is 0 Å². The number of hydrogen-bond acceptors (Lipinski definition) is 6. The molecule has 0 aliphatic rings. The molecule has 0 radical (unpaired) electrons. The molecule has 0 aliphatic carbocycles. The fourth-order valence-corrected chi connectivity index (χ4v) is 2.03. The molecule has 0 bridgehead atoms. The van der Waals surface area contributed by atoms with Gasteiger partial charge in [-0.1, -0.05) is 11.6 Å². The fourth-order valence-electron chi connectivity index (χ4n) is 1.19. The number of nitrogens with zero attached hydrogens (tertiary/aromatic N) is 2. The Morgan fingerprint density at radius 3 is 2.79 bits per heavy atom. The van der Waals surface area contributed by atoms with E-state index in [2.05, 4.69) is 4.98 Å². The molecule has 98 valence electrons. The molecule has 0 atom stereocenters. The van der Waals surface area contributed by atoms with Gasteiger partial charge in [0.2, 0.25) is 5.88 Å². The van der Waals surface area contributed by atoms with Crippen molar-refractivity contribution >= 4 is 34.6 Å². The van der Waals surface area contributed by atoms with Crippen molar-refractivity contribution in [1.82, 2.24) is 4.98 Å². The summed E-state index contributed by atoms with van der Waals surface area (Å²) >= 11 is 6.78. The molecule has 1 N–H and O–H groups in total. The molecule has 0 saturated carbocycles. The number of rotatable bonds is 4. The molecule has 2 aromatic rings. The van der Waals surface area contributed by atoms with Gasteiger partial charge in [-0.05, 0) is 0 Å². The van der Waals surface area contributed by atoms with E-state index in [4.69, 9.17) is 21.4 Å². The van der Waals surface area contributed by atoms with Crippen molar-refractivity contribution in [2.24, 2.45) is 0 Å². The molecule has 2 aromatic heterocycles. The second-order valence-corrected chi connectivity index (χ2v) is 4.61. The van der Waals surface area contributed by atoms with Crippen molar-refractivity contribution in [1.29, 1.82) is 0 Å². The quantitative estimate of drug-likeness (QED) is 0.687. The molecule has 2 heterocycles. The summed E-state index contributed by atoms with van der Waals surface area (Å²) in [4.78, 5) is 24.4. The van der Waals surface area contributed by atoms with Gasteiger partial charge < -0.3 is 9.84 Å². The Labute approximate surface area is 115 Å². The fraction of sp³-hybridized carbons (Fsp3) is 0. The third-order valence-electron chi connectivity index (χ3n) is 2.00. The predicted octanol–water partition coefficient (Wildman–Crippen LogP) is 3.20. The average Bonchev–Trinajstić information content (AvgIpc) is 2.80. The maximum atomic E-state index is 10.7. The van der Waals surface area contributed by atoms with Crippen LogP contribution in [0.1, 0.15) is 9.67 Å². The van der Waals surface area contributed by atoms with Crippen LogP contribution in [0.4, 0.5) is 5.69 Å². The second kappa shape index (κ2) is 5.21. The van der Waals surface area contributed by atoms with Crippen LogP contribution >= 0.6 is 22.9 Å². The number of pyridine rings is 1. The van der Waals surface area contributed by atoms with Crippen LogP contribution in [0.2, 0.25) is 5.02 Å². The Morgan fingerprint density at radius 2 is 2.26 bits per heavy atom. The van der Waals surface area contributed by atoms with E-state index in [-0.39, 0.29) is 27.2 Å². The Morgan fingerprint density at radius 1 is 1.53 bits per heavy atom. The predicted molar refractivity (Wildman–Crippen MR) is 67.3 cm³/mol. The summed E-state index contributed by atoms with van der Waals surface area (Å²) in [6, 6.07) is 2.42. The molecule has 19 heavy (non-hydrogen) atoms. The van der Waals surface area contributed by atoms with E-state index in [1.54, 1.807) is 0 Å². The van der Waals surface area contributed by atoms with Crippen LogP contribution in [0.5, 0.6) is 11.6 Å². The molecule has 9 heteroatoms. The summed E-state index contributed by atoms with van der Waals surface area (Å²) in [6.45, 7) is 0. The molecule has 0 saturated heterocycles. The lowest BCUT2D eigenvalue weighted by molar-refractivity contribution is -0.385. The van der Waals surface area contributed by atoms with Crippen LogP contribution in [-0.4, -0.2) is 21.0 Å². The lowest BCUT2D eigenvalue weighted by Crippen LogP contribution is -1.93. The minimum Gasteiger partial charge on any atom is -0.477 e. The van der Waals surface area contributed by atoms with Gasteiger partial charge in [0.05, 0.1) is 4.92 Å². The number of carboxylic acid groups (broad SMARTS) is 1. The van der Waals surface area contributed by atoms with Crippen molar-refractivity contribution in [3.63, 3.8) is 0 Å². The van der Waals surface area contributed by atoms with Gasteiger partial charge >= 0.3 is 5.97 Å². The SMILES string of the molecule is O=C(O)c1cc(Oc2ncc([N+](=O)[O-])cc2Cl)cs1. The van der Waals surface area contributed by atoms with Gasteiger partial charge in [-0.3, -0.25) is 10.1 Å². The van der Waals surface area contributed by atoms with Crippen LogP contribution in [0.15, 0.2) is 23.7 Å². The third kappa shape index (κ3) is 2.98. The number of hydrogen-bond donors (Lipinski definition) is 1. The summed E-state index contributed by atoms with van der Waals surface area (Å²) in [5.74, 6) is -0.838. The molecule has 2 rings (SSSR count). The highest BCUT2D eigenvalue weighted by molar-refractivity contribution is 7.12. The zero-order valence-electron chi connectivity index (χ0n) is 9.07. The second-order valence-electron chi connectivity index (χ2n) is 3.29. The normalized spacial score (nSPS) is 10.2. The Kier molecular flexibility index (Phi) is 3.63. The summed E-state index contributed by atoms with van der Waals surface area (Å²) < 4.78 is 5.26. The van der Waals surface area contributed by atoms with Gasteiger partial charge in [0.25, 0.3) is 5.69 Å². The first-order chi connectivity index (χ1) is 8.97. The Bertz CT molecular complexity index is 657. The Balaban J connectivity index is 2.23. The summed E-state index contributed by atoms with van der Waals surface area (Å²) in [5.41, 5.74) is -0.256. The lowest BCUT2D eigenvalue weighted by Gasteiger charge is -2.03. The van der Waals surface area contributed by atoms with E-state index in [0.29, 0.717) is 0 Å². The minimum absolute atomic E-state index is 0.0259. The van der Waals surface area contributed by atoms with Crippen LogP contribution in [-0.2, 0) is 0 Å². The van der Waals surface area contributed by atoms with Crippen molar-refractivity contribution in [3.8, 4) is 11.6 Å². The van der Waals surface area contributed by atoms with Crippen LogP contribution in [0, 0.1) is 10.1 Å². The molecular formula is C10H5ClN2O5S. The minimum atomic E-state index is -1.07. The number of halogens is 1. The van der Waals surface area contributed by atoms with E-state index >= 15 is 0 Å². The zero-order valence-corrected chi connectivity index (χ0v) is 10.6. The van der Waals surface area contributed by atoms with E-state index in [0.717, 1.165) is 23.6 Å². The number of aromatic nitrogens is 1. The molecule has 0 unspecified atom stereocenters. The number of aromatic carboxylic acids is 1. The molecule has 0 amide bonds. The topological polar surface area (TPSA) is 103 Å². The number of thiophene rings is 1. The highest BCUT2D eigenvalue weighted by Crippen LogP contribution is 2.31. The van der Waals surface area contributed by atoms with Gasteiger partial charge in [-0.25, -0.2) is 9.78 Å². The highest BCUT2D eigenvalue weighted by Gasteiger charge is 2.14. The van der Waals surface area contributed by atoms with Gasteiger partial charge in [-0.15, -0.1) is 11.3 Å². The van der Waals surface area contributed by atoms with Crippen molar-refractivity contribution in [2.45, 2.75) is 0 Å². The van der Waals surface area contributed by atoms with Crippen molar-refractivity contribution < 1.29 is 19.6 Å². The van der Waals surface area contributed by atoms with Crippen molar-refractivity contribution in [3.05, 3.63) is 43.7 Å². The highest BCUT2D eigenvalue weighted by atomic mass is 35.5. The summed E-state index contributed by atoms with van der Waals surface area (Å²) in [6.07, 6.45) is 1.01. The van der Waals surface area contributed by atoms with Gasteiger partial charge in [0.1, 0.15) is 21.8 Å². The molecule has 0 spiro atoms. The first-order valence-electron chi connectivity index (χ1n) is 4.77. The van der Waals surface area contributed by atoms with Gasteiger partial charge in [0.15, 0.2) is 0 Å². The van der Waals surface area contributed by atoms with E-state index in [1.807, 2.05) is 0 Å². The molecule has 0 aromatic carbocycles. The number of ether oxygens (including phenoxy) is 1. The first-order valence-corrected chi connectivity index (χ1v) is 6.03. The van der Waals surface area contributed by atoms with Crippen molar-refractivity contribution in [2.75, 3.05) is 0 Å². The van der Waals surface area contributed by atoms with E-state index in [1.165, 1.54) is 11.4 Å². The third-order valence-corrected chi connectivity index (χ3v) is 3.17. The maximum Gasteiger partial charge on any atom is 0.346 e. The number of nitro groups is 1. The zero-order chi connectivity index (χ0) is 14.0. The lowest BCUT2D eigenvalue weighted by atomic mass is 10.4. The summed E-state index contributed by atoms with van der Waals surface area (Å²) in [5, 5.41) is 20.7. The Hall–Kier alpha value is -2.19. The number of carboxylic acids is 1. The van der Waals surface area contributed by atoms with E-state index in [9.17, 15) is 14.9 Å². The standard InChI is InChI=1S/C10H5ClN2O5S/c11-7-1-5(13(16)17)3-12-9(7)18-6-2-8(10(14)15)19-4-6/h1-4H,(H,14,15). The van der Waals surface area contributed by atoms with E-state index < -0.39 is 10.9 Å². The molecule has 0 aliphatic heterocycles.